The molecule has 0 aromatic carbocycles. The van der Waals surface area contributed by atoms with E-state index in [0.717, 1.165) is 0 Å². The van der Waals surface area contributed by atoms with Crippen LogP contribution in [0.4, 0.5) is 0 Å². The molecule has 2 aliphatic rings. The Morgan fingerprint density at radius 3 is 2.21 bits per heavy atom. The van der Waals surface area contributed by atoms with Crippen molar-refractivity contribution in [1.29, 1.82) is 0 Å². The first-order valence-corrected chi connectivity index (χ1v) is 8.49. The van der Waals surface area contributed by atoms with Crippen LogP contribution in [-0.4, -0.2) is 123 Å². The Labute approximate surface area is 184 Å². The van der Waals surface area contributed by atoms with Crippen molar-refractivity contribution in [2.45, 2.75) is 54.8 Å². The number of aliphatic hydroxyl groups excluding tert-OH is 7. The zero-order valence-electron chi connectivity index (χ0n) is 16.5. The van der Waals surface area contributed by atoms with Crippen LogP contribution in [0.2, 0.25) is 0 Å². The standard InChI is InChI=1S/C14H28N2O11.Na.H/c15-1-2-16-24-4-7-8(19)10(21)11(22)13(25-7)27-14(5-18)12(23)9(20)6(3-17)26-14;;/h6-13,16-23H,1-5,15H2;;/q;+1;-1/t6-,7-,8-,9-,10+,11-,12+,13-,14+;;/m1../s1. The van der Waals surface area contributed by atoms with Crippen LogP contribution in [0.15, 0.2) is 0 Å². The molecule has 2 heterocycles. The van der Waals surface area contributed by atoms with E-state index in [4.69, 9.17) is 24.8 Å². The van der Waals surface area contributed by atoms with E-state index < -0.39 is 68.0 Å². The molecule has 2 saturated heterocycles. The van der Waals surface area contributed by atoms with Crippen LogP contribution in [-0.2, 0) is 19.0 Å². The number of nitrogens with one attached hydrogen (secondary N) is 1. The summed E-state index contributed by atoms with van der Waals surface area (Å²) in [6, 6.07) is 0. The van der Waals surface area contributed by atoms with Crippen LogP contribution >= 0.6 is 0 Å². The molecule has 0 aliphatic carbocycles. The van der Waals surface area contributed by atoms with Gasteiger partial charge >= 0.3 is 29.6 Å². The van der Waals surface area contributed by atoms with Gasteiger partial charge in [0.05, 0.1) is 13.2 Å². The largest absolute Gasteiger partial charge is 1.00 e. The van der Waals surface area contributed by atoms with Gasteiger partial charge in [0.25, 0.3) is 0 Å². The number of nitrogens with two attached hydrogens (primary N) is 1. The quantitative estimate of drug-likeness (QED) is 0.0955. The van der Waals surface area contributed by atoms with E-state index in [0.29, 0.717) is 13.1 Å². The summed E-state index contributed by atoms with van der Waals surface area (Å²) < 4.78 is 16.0. The van der Waals surface area contributed by atoms with Crippen LogP contribution < -0.4 is 40.8 Å². The average Bonchev–Trinajstić information content (AvgIpc) is 2.91. The molecule has 0 radical (unpaired) electrons. The summed E-state index contributed by atoms with van der Waals surface area (Å²) in [6.45, 7) is -1.25. The summed E-state index contributed by atoms with van der Waals surface area (Å²) in [4.78, 5) is 5.04. The van der Waals surface area contributed by atoms with E-state index >= 15 is 0 Å². The number of ether oxygens (including phenoxy) is 3. The van der Waals surface area contributed by atoms with E-state index in [1.807, 2.05) is 0 Å². The van der Waals surface area contributed by atoms with Gasteiger partial charge in [0, 0.05) is 13.1 Å². The second kappa shape index (κ2) is 11.8. The molecule has 0 saturated carbocycles. The first-order chi connectivity index (χ1) is 12.8. The Bertz CT molecular complexity index is 473. The van der Waals surface area contributed by atoms with E-state index in [9.17, 15) is 35.7 Å². The minimum Gasteiger partial charge on any atom is -1.00 e. The molecule has 0 amide bonds. The molecule has 0 aromatic rings. The van der Waals surface area contributed by atoms with Crippen LogP contribution in [0.3, 0.4) is 0 Å². The summed E-state index contributed by atoms with van der Waals surface area (Å²) in [7, 11) is 0. The van der Waals surface area contributed by atoms with Crippen LogP contribution in [0.1, 0.15) is 1.43 Å². The maximum atomic E-state index is 10.1. The van der Waals surface area contributed by atoms with Crippen LogP contribution in [0.5, 0.6) is 0 Å². The van der Waals surface area contributed by atoms with Crippen molar-refractivity contribution in [3.05, 3.63) is 0 Å². The summed E-state index contributed by atoms with van der Waals surface area (Å²) >= 11 is 0. The predicted molar refractivity (Wildman–Crippen MR) is 85.7 cm³/mol. The van der Waals surface area contributed by atoms with Gasteiger partial charge < -0.3 is 57.1 Å². The Balaban J connectivity index is 0.00000392. The molecule has 10 N–H and O–H groups in total. The van der Waals surface area contributed by atoms with Crippen LogP contribution in [0, 0.1) is 0 Å². The van der Waals surface area contributed by atoms with Gasteiger partial charge in [0.2, 0.25) is 5.79 Å². The molecule has 28 heavy (non-hydrogen) atoms. The minimum absolute atomic E-state index is 0. The average molecular weight is 424 g/mol. The third-order valence-corrected chi connectivity index (χ3v) is 4.49. The number of aliphatic hydroxyl groups is 7. The Morgan fingerprint density at radius 1 is 1.00 bits per heavy atom. The van der Waals surface area contributed by atoms with Gasteiger partial charge in [-0.2, -0.15) is 0 Å². The third kappa shape index (κ3) is 5.59. The van der Waals surface area contributed by atoms with Gasteiger partial charge in [-0.25, -0.2) is 5.48 Å². The maximum Gasteiger partial charge on any atom is 1.00 e. The first-order valence-electron chi connectivity index (χ1n) is 8.49. The molecule has 162 valence electrons. The number of hydrogen-bond donors (Lipinski definition) is 9. The van der Waals surface area contributed by atoms with Crippen LogP contribution in [0.25, 0.3) is 0 Å². The van der Waals surface area contributed by atoms with E-state index in [-0.39, 0.29) is 37.6 Å². The fourth-order valence-corrected chi connectivity index (χ4v) is 2.89. The topological polar surface area (TPSA) is 217 Å². The summed E-state index contributed by atoms with van der Waals surface area (Å²) in [5.74, 6) is -2.22. The molecule has 14 heteroatoms. The van der Waals surface area contributed by atoms with Gasteiger partial charge in [-0.1, -0.05) is 0 Å². The van der Waals surface area contributed by atoms with Crippen molar-refractivity contribution >= 4 is 0 Å². The molecule has 9 atom stereocenters. The molecule has 0 aromatic heterocycles. The molecule has 0 spiro atoms. The predicted octanol–water partition coefficient (Wildman–Crippen LogP) is -8.79. The molecule has 0 unspecified atom stereocenters. The maximum absolute atomic E-state index is 10.1. The number of hydroxylamine groups is 1. The normalized spacial score (nSPS) is 43.7. The van der Waals surface area contributed by atoms with E-state index in [1.54, 1.807) is 0 Å². The SMILES string of the molecule is NCCNOC[C@H]1O[C@H](O[C@]2(CO)O[C@H](CO)[C@@H](O)[C@@H]2O)[C@H](O)[C@@H](O)[C@@H]1O.[H-].[Na+]. The second-order valence-electron chi connectivity index (χ2n) is 6.37. The Morgan fingerprint density at radius 2 is 1.68 bits per heavy atom. The third-order valence-electron chi connectivity index (χ3n) is 4.49. The van der Waals surface area contributed by atoms with Crippen molar-refractivity contribution < 1.29 is 85.8 Å². The fourth-order valence-electron chi connectivity index (χ4n) is 2.89. The van der Waals surface area contributed by atoms with E-state index in [2.05, 4.69) is 5.48 Å². The summed E-state index contributed by atoms with van der Waals surface area (Å²) in [6.07, 6.45) is -12.4. The van der Waals surface area contributed by atoms with Crippen molar-refractivity contribution in [3.8, 4) is 0 Å². The monoisotopic (exact) mass is 424 g/mol. The molecular formula is C14H29N2NaO11. The Hall–Kier alpha value is 0.480. The second-order valence-corrected chi connectivity index (χ2v) is 6.37. The fraction of sp³-hybridized carbons (Fsp3) is 1.00. The van der Waals surface area contributed by atoms with Crippen molar-refractivity contribution in [3.63, 3.8) is 0 Å². The van der Waals surface area contributed by atoms with Crippen molar-refractivity contribution in [2.75, 3.05) is 32.9 Å². The molecule has 0 bridgehead atoms. The molecule has 2 fully saturated rings. The first kappa shape index (κ1) is 26.5. The van der Waals surface area contributed by atoms with Gasteiger partial charge in [-0.05, 0) is 0 Å². The minimum atomic E-state index is -2.22. The van der Waals surface area contributed by atoms with Gasteiger partial charge in [0.1, 0.15) is 49.3 Å². The van der Waals surface area contributed by atoms with E-state index in [1.165, 1.54) is 0 Å². The number of hydrogen-bond acceptors (Lipinski definition) is 13. The molecule has 13 nitrogen and oxygen atoms in total. The molecule has 2 rings (SSSR count). The zero-order valence-corrected chi connectivity index (χ0v) is 17.5. The van der Waals surface area contributed by atoms with Crippen molar-refractivity contribution in [1.82, 2.24) is 5.48 Å². The summed E-state index contributed by atoms with van der Waals surface area (Å²) in [5.41, 5.74) is 7.79. The smallest absolute Gasteiger partial charge is 1.00 e. The van der Waals surface area contributed by atoms with Gasteiger partial charge in [-0.15, -0.1) is 0 Å². The molecule has 2 aliphatic heterocycles. The zero-order chi connectivity index (χ0) is 20.2. The Kier molecular flexibility index (Phi) is 11.1. The summed E-state index contributed by atoms with van der Waals surface area (Å²) in [5, 5.41) is 69.0. The van der Waals surface area contributed by atoms with Crippen molar-refractivity contribution in [2.24, 2.45) is 5.73 Å². The molecular weight excluding hydrogens is 395 g/mol. The number of rotatable bonds is 9. The van der Waals surface area contributed by atoms with Gasteiger partial charge in [-0.3, -0.25) is 4.84 Å². The van der Waals surface area contributed by atoms with Gasteiger partial charge in [0.15, 0.2) is 6.29 Å².